The Bertz CT molecular complexity index is 4170. The minimum atomic E-state index is -0.390. The van der Waals surface area contributed by atoms with E-state index in [2.05, 4.69) is 289 Å². The molecular formula is C73H50N2. The summed E-state index contributed by atoms with van der Waals surface area (Å²) in [6.07, 6.45) is 4.42. The van der Waals surface area contributed by atoms with Crippen LogP contribution in [0.25, 0.3) is 88.7 Å². The van der Waals surface area contributed by atoms with E-state index in [4.69, 9.17) is 0 Å². The number of hydrogen-bond acceptors (Lipinski definition) is 1. The lowest BCUT2D eigenvalue weighted by atomic mass is 9.68. The zero-order valence-electron chi connectivity index (χ0n) is 41.4. The minimum absolute atomic E-state index is 0.390. The SMILES string of the molecule is C1=C(N(c2ccc(-c3cccc4c3c3ccccc3n4-c3ccccc3)cc2)c2cccc(-c3cc(-c4ccccc4)cc(-c4ccccc4)c3)c2)C2=C(CC1)C1(c3ccccc32)c2ccccc2-c2ccccc21. The summed E-state index contributed by atoms with van der Waals surface area (Å²) in [5.74, 6) is 0. The lowest BCUT2D eigenvalue weighted by molar-refractivity contribution is 0.711. The molecule has 0 N–H and O–H groups in total. The standard InChI is InChI=1S/C73H50N2/c1-4-21-49(22-5-1)53-45-54(50-23-6-2-7-24-50)47-55(46-53)52-25-18-28-58(48-52)74(57-43-41-51(42-44-57)59-33-19-39-69-71(59)63-32-13-17-38-68(63)75(69)56-26-8-3-9-27-56)70-40-20-37-67-72(70)62-31-12-16-36-66(62)73(67)64-34-14-10-29-60(64)61-30-11-15-35-65(61)73/h1-19,21-36,38-48H,20,37H2. The summed E-state index contributed by atoms with van der Waals surface area (Å²) in [6, 6.07) is 101. The number of hydrogen-bond donors (Lipinski definition) is 0. The Morgan fingerprint density at radius 1 is 0.347 bits per heavy atom. The van der Waals surface area contributed by atoms with Crippen molar-refractivity contribution in [2.45, 2.75) is 18.3 Å². The molecule has 15 rings (SSSR count). The number of benzene rings is 11. The van der Waals surface area contributed by atoms with Crippen LogP contribution in [0.3, 0.4) is 0 Å². The molecule has 0 saturated carbocycles. The number of para-hydroxylation sites is 2. The van der Waals surface area contributed by atoms with E-state index in [1.165, 1.54) is 111 Å². The summed E-state index contributed by atoms with van der Waals surface area (Å²) < 4.78 is 2.41. The van der Waals surface area contributed by atoms with Gasteiger partial charge >= 0.3 is 0 Å². The molecule has 3 aliphatic rings. The number of rotatable bonds is 8. The molecule has 2 nitrogen and oxygen atoms in total. The van der Waals surface area contributed by atoms with Gasteiger partial charge in [-0.1, -0.05) is 212 Å². The average Bonchev–Trinajstić information content (AvgIpc) is 4.25. The van der Waals surface area contributed by atoms with Crippen molar-refractivity contribution in [2.75, 3.05) is 4.90 Å². The Hall–Kier alpha value is -9.50. The van der Waals surface area contributed by atoms with Gasteiger partial charge in [0, 0.05) is 33.4 Å². The number of anilines is 2. The summed E-state index contributed by atoms with van der Waals surface area (Å²) in [5.41, 5.74) is 27.1. The lowest BCUT2D eigenvalue weighted by Crippen LogP contribution is -2.28. The number of aromatic nitrogens is 1. The van der Waals surface area contributed by atoms with Crippen LogP contribution in [0.2, 0.25) is 0 Å². The second-order valence-corrected chi connectivity index (χ2v) is 20.2. The van der Waals surface area contributed by atoms with Crippen LogP contribution in [0.5, 0.6) is 0 Å². The first kappa shape index (κ1) is 43.1. The second-order valence-electron chi connectivity index (χ2n) is 20.2. The van der Waals surface area contributed by atoms with E-state index in [1.54, 1.807) is 0 Å². The molecule has 0 bridgehead atoms. The third-order valence-corrected chi connectivity index (χ3v) is 16.3. The highest BCUT2D eigenvalue weighted by Gasteiger charge is 2.53. The van der Waals surface area contributed by atoms with E-state index in [9.17, 15) is 0 Å². The Labute approximate surface area is 438 Å². The van der Waals surface area contributed by atoms with E-state index in [0.717, 1.165) is 35.5 Å². The molecule has 1 aromatic heterocycles. The molecule has 0 aliphatic heterocycles. The molecule has 3 aliphatic carbocycles. The number of nitrogens with zero attached hydrogens (tertiary/aromatic N) is 2. The van der Waals surface area contributed by atoms with Crippen molar-refractivity contribution in [1.82, 2.24) is 4.57 Å². The molecule has 1 spiro atoms. The topological polar surface area (TPSA) is 8.17 Å². The van der Waals surface area contributed by atoms with Crippen LogP contribution in [0.1, 0.15) is 35.1 Å². The van der Waals surface area contributed by atoms with Crippen molar-refractivity contribution in [2.24, 2.45) is 0 Å². The smallest absolute Gasteiger partial charge is 0.0689 e. The van der Waals surface area contributed by atoms with Gasteiger partial charge in [0.2, 0.25) is 0 Å². The summed E-state index contributed by atoms with van der Waals surface area (Å²) >= 11 is 0. The van der Waals surface area contributed by atoms with Gasteiger partial charge in [-0.25, -0.2) is 0 Å². The molecule has 0 fully saturated rings. The van der Waals surface area contributed by atoms with Crippen molar-refractivity contribution in [1.29, 1.82) is 0 Å². The Kier molecular flexibility index (Phi) is 9.96. The maximum atomic E-state index is 2.56. The zero-order chi connectivity index (χ0) is 49.5. The molecule has 0 atom stereocenters. The molecule has 2 heteroatoms. The number of allylic oxidation sites excluding steroid dienone is 3. The van der Waals surface area contributed by atoms with E-state index >= 15 is 0 Å². The summed E-state index contributed by atoms with van der Waals surface area (Å²) in [5, 5.41) is 2.51. The zero-order valence-corrected chi connectivity index (χ0v) is 41.4. The number of fused-ring (bicyclic) bond motifs is 12. The quantitative estimate of drug-likeness (QED) is 0.147. The molecule has 1 heterocycles. The van der Waals surface area contributed by atoms with Crippen molar-refractivity contribution in [3.8, 4) is 61.3 Å². The van der Waals surface area contributed by atoms with E-state index < -0.39 is 0 Å². The second kappa shape index (κ2) is 17.3. The fourth-order valence-corrected chi connectivity index (χ4v) is 13.2. The van der Waals surface area contributed by atoms with E-state index in [1.807, 2.05) is 0 Å². The molecule has 0 radical (unpaired) electrons. The van der Waals surface area contributed by atoms with Crippen molar-refractivity contribution in [3.05, 3.63) is 313 Å². The van der Waals surface area contributed by atoms with Crippen molar-refractivity contribution in [3.63, 3.8) is 0 Å². The summed E-state index contributed by atoms with van der Waals surface area (Å²) in [4.78, 5) is 2.56. The van der Waals surface area contributed by atoms with Crippen LogP contribution in [-0.4, -0.2) is 4.57 Å². The van der Waals surface area contributed by atoms with Gasteiger partial charge in [0.15, 0.2) is 0 Å². The van der Waals surface area contributed by atoms with Crippen LogP contribution in [0.4, 0.5) is 11.4 Å². The summed E-state index contributed by atoms with van der Waals surface area (Å²) in [6.45, 7) is 0. The third kappa shape index (κ3) is 6.66. The monoisotopic (exact) mass is 954 g/mol. The normalized spacial score (nSPS) is 13.9. The molecule has 11 aromatic carbocycles. The fraction of sp³-hybridized carbons (Fsp3) is 0.0411. The highest BCUT2D eigenvalue weighted by atomic mass is 15.2. The Balaban J connectivity index is 0.935. The van der Waals surface area contributed by atoms with E-state index in [-0.39, 0.29) is 5.41 Å². The van der Waals surface area contributed by atoms with Gasteiger partial charge in [0.05, 0.1) is 22.1 Å². The van der Waals surface area contributed by atoms with Gasteiger partial charge in [0.25, 0.3) is 0 Å². The van der Waals surface area contributed by atoms with Crippen LogP contribution in [0.15, 0.2) is 290 Å². The van der Waals surface area contributed by atoms with Gasteiger partial charge in [-0.15, -0.1) is 0 Å². The first-order valence-corrected chi connectivity index (χ1v) is 26.3. The minimum Gasteiger partial charge on any atom is -0.310 e. The molecule has 0 unspecified atom stereocenters. The highest BCUT2D eigenvalue weighted by Crippen LogP contribution is 2.65. The average molecular weight is 955 g/mol. The van der Waals surface area contributed by atoms with Gasteiger partial charge in [-0.05, 0) is 163 Å². The molecular weight excluding hydrogens is 905 g/mol. The van der Waals surface area contributed by atoms with Crippen LogP contribution >= 0.6 is 0 Å². The van der Waals surface area contributed by atoms with Gasteiger partial charge in [-0.2, -0.15) is 0 Å². The first-order chi connectivity index (χ1) is 37.2. The van der Waals surface area contributed by atoms with Crippen molar-refractivity contribution < 1.29 is 0 Å². The predicted molar refractivity (Wildman–Crippen MR) is 314 cm³/mol. The van der Waals surface area contributed by atoms with Gasteiger partial charge in [0.1, 0.15) is 0 Å². The lowest BCUT2D eigenvalue weighted by Gasteiger charge is -2.36. The van der Waals surface area contributed by atoms with Gasteiger partial charge < -0.3 is 9.47 Å². The van der Waals surface area contributed by atoms with E-state index in [0.29, 0.717) is 0 Å². The van der Waals surface area contributed by atoms with Crippen LogP contribution in [-0.2, 0) is 5.41 Å². The maximum absolute atomic E-state index is 2.56. The summed E-state index contributed by atoms with van der Waals surface area (Å²) in [7, 11) is 0. The Morgan fingerprint density at radius 2 is 0.853 bits per heavy atom. The first-order valence-electron chi connectivity index (χ1n) is 26.3. The third-order valence-electron chi connectivity index (χ3n) is 16.3. The van der Waals surface area contributed by atoms with Crippen LogP contribution in [0, 0.1) is 0 Å². The van der Waals surface area contributed by atoms with Gasteiger partial charge in [-0.3, -0.25) is 0 Å². The maximum Gasteiger partial charge on any atom is 0.0689 e. The van der Waals surface area contributed by atoms with Crippen molar-refractivity contribution >= 4 is 38.8 Å². The highest BCUT2D eigenvalue weighted by molar-refractivity contribution is 6.16. The molecule has 0 amide bonds. The molecule has 352 valence electrons. The Morgan fingerprint density at radius 3 is 1.52 bits per heavy atom. The molecule has 12 aromatic rings. The molecule has 75 heavy (non-hydrogen) atoms. The predicted octanol–water partition coefficient (Wildman–Crippen LogP) is 19.0. The fourth-order valence-electron chi connectivity index (χ4n) is 13.2. The largest absolute Gasteiger partial charge is 0.310 e. The van der Waals surface area contributed by atoms with Crippen LogP contribution < -0.4 is 4.90 Å². The molecule has 0 saturated heterocycles.